The molecule has 0 atom stereocenters. The highest BCUT2D eigenvalue weighted by atomic mass is 32.2. The van der Waals surface area contributed by atoms with Gasteiger partial charge >= 0.3 is 0 Å². The van der Waals surface area contributed by atoms with Crippen LogP contribution in [-0.4, -0.2) is 32.0 Å². The highest BCUT2D eigenvalue weighted by Gasteiger charge is 2.05. The van der Waals surface area contributed by atoms with Crippen molar-refractivity contribution in [1.29, 1.82) is 0 Å². The van der Waals surface area contributed by atoms with Crippen molar-refractivity contribution < 1.29 is 8.42 Å². The molecule has 0 bridgehead atoms. The van der Waals surface area contributed by atoms with E-state index >= 15 is 0 Å². The lowest BCUT2D eigenvalue weighted by Crippen LogP contribution is -2.22. The van der Waals surface area contributed by atoms with Gasteiger partial charge < -0.3 is 5.32 Å². The van der Waals surface area contributed by atoms with E-state index in [0.29, 0.717) is 13.1 Å². The summed E-state index contributed by atoms with van der Waals surface area (Å²) in [5.41, 5.74) is 3.29. The zero-order chi connectivity index (χ0) is 14.6. The van der Waals surface area contributed by atoms with Gasteiger partial charge in [0.15, 0.2) is 0 Å². The SMILES string of the molecule is Cc1ccc(-c2nc(CNCCS(C)(=O)=O)cs2)cc1. The number of thiazole rings is 1. The van der Waals surface area contributed by atoms with Crippen LogP contribution >= 0.6 is 11.3 Å². The molecule has 108 valence electrons. The van der Waals surface area contributed by atoms with Crippen LogP contribution in [0.1, 0.15) is 11.3 Å². The molecular formula is C14H18N2O2S2. The second-order valence-corrected chi connectivity index (χ2v) is 7.93. The number of benzene rings is 1. The molecule has 0 amide bonds. The van der Waals surface area contributed by atoms with Gasteiger partial charge in [0, 0.05) is 30.3 Å². The van der Waals surface area contributed by atoms with Crippen molar-refractivity contribution in [2.24, 2.45) is 0 Å². The summed E-state index contributed by atoms with van der Waals surface area (Å²) in [5, 5.41) is 6.09. The largest absolute Gasteiger partial charge is 0.310 e. The fraction of sp³-hybridized carbons (Fsp3) is 0.357. The molecule has 0 fully saturated rings. The summed E-state index contributed by atoms with van der Waals surface area (Å²) in [4.78, 5) is 4.55. The minimum Gasteiger partial charge on any atom is -0.310 e. The summed E-state index contributed by atoms with van der Waals surface area (Å²) in [6.45, 7) is 3.11. The Bertz CT molecular complexity index is 661. The van der Waals surface area contributed by atoms with Crippen LogP contribution in [0.2, 0.25) is 0 Å². The molecule has 1 aromatic heterocycles. The molecule has 1 aromatic carbocycles. The highest BCUT2D eigenvalue weighted by molar-refractivity contribution is 7.90. The van der Waals surface area contributed by atoms with Gasteiger partial charge in [0.2, 0.25) is 0 Å². The van der Waals surface area contributed by atoms with Gasteiger partial charge in [0.1, 0.15) is 14.8 Å². The van der Waals surface area contributed by atoms with E-state index in [1.807, 2.05) is 5.38 Å². The fourth-order valence-electron chi connectivity index (χ4n) is 1.69. The molecule has 0 saturated heterocycles. The Hall–Kier alpha value is -1.24. The molecule has 20 heavy (non-hydrogen) atoms. The zero-order valence-corrected chi connectivity index (χ0v) is 13.2. The second-order valence-electron chi connectivity index (χ2n) is 4.82. The molecule has 2 aromatic rings. The van der Waals surface area contributed by atoms with Crippen LogP contribution in [0.5, 0.6) is 0 Å². The Kier molecular flexibility index (Phi) is 4.91. The first-order chi connectivity index (χ1) is 9.44. The van der Waals surface area contributed by atoms with E-state index in [9.17, 15) is 8.42 Å². The maximum absolute atomic E-state index is 11.0. The normalized spacial score (nSPS) is 11.7. The lowest BCUT2D eigenvalue weighted by Gasteiger charge is -2.01. The topological polar surface area (TPSA) is 59.1 Å². The fourth-order valence-corrected chi connectivity index (χ4v) is 3.03. The number of hydrogen-bond donors (Lipinski definition) is 1. The summed E-state index contributed by atoms with van der Waals surface area (Å²) in [6, 6.07) is 8.27. The summed E-state index contributed by atoms with van der Waals surface area (Å²) in [5.74, 6) is 0.155. The maximum atomic E-state index is 11.0. The summed E-state index contributed by atoms with van der Waals surface area (Å²) in [7, 11) is -2.90. The summed E-state index contributed by atoms with van der Waals surface area (Å²) < 4.78 is 22.0. The third-order valence-corrected chi connectivity index (χ3v) is 4.69. The first kappa shape index (κ1) is 15.2. The van der Waals surface area contributed by atoms with E-state index in [4.69, 9.17) is 0 Å². The quantitative estimate of drug-likeness (QED) is 0.831. The first-order valence-corrected chi connectivity index (χ1v) is 9.28. The van der Waals surface area contributed by atoms with Crippen molar-refractivity contribution >= 4 is 21.2 Å². The van der Waals surface area contributed by atoms with E-state index in [2.05, 4.69) is 41.5 Å². The molecule has 1 N–H and O–H groups in total. The van der Waals surface area contributed by atoms with Crippen LogP contribution in [-0.2, 0) is 16.4 Å². The standard InChI is InChI=1S/C14H18N2O2S2/c1-11-3-5-12(6-4-11)14-16-13(10-19-14)9-15-7-8-20(2,17)18/h3-6,10,15H,7-9H2,1-2H3. The number of aryl methyl sites for hydroxylation is 1. The van der Waals surface area contributed by atoms with Crippen LogP contribution in [0.15, 0.2) is 29.6 Å². The third-order valence-electron chi connectivity index (χ3n) is 2.81. The van der Waals surface area contributed by atoms with Gasteiger partial charge in [-0.05, 0) is 6.92 Å². The number of aromatic nitrogens is 1. The Labute approximate surface area is 123 Å². The molecule has 0 aliphatic carbocycles. The molecule has 1 heterocycles. The molecule has 0 unspecified atom stereocenters. The van der Waals surface area contributed by atoms with Gasteiger partial charge in [-0.15, -0.1) is 11.3 Å². The van der Waals surface area contributed by atoms with Crippen LogP contribution in [0.4, 0.5) is 0 Å². The molecule has 4 nitrogen and oxygen atoms in total. The van der Waals surface area contributed by atoms with Gasteiger partial charge in [-0.25, -0.2) is 13.4 Å². The molecular weight excluding hydrogens is 292 g/mol. The smallest absolute Gasteiger partial charge is 0.148 e. The van der Waals surface area contributed by atoms with Crippen molar-refractivity contribution in [3.63, 3.8) is 0 Å². The molecule has 0 aliphatic heterocycles. The number of sulfone groups is 1. The van der Waals surface area contributed by atoms with Crippen LogP contribution in [0, 0.1) is 6.92 Å². The van der Waals surface area contributed by atoms with Gasteiger partial charge in [0.05, 0.1) is 11.4 Å². The minimum atomic E-state index is -2.90. The van der Waals surface area contributed by atoms with Gasteiger partial charge in [0.25, 0.3) is 0 Å². The predicted molar refractivity (Wildman–Crippen MR) is 83.7 cm³/mol. The van der Waals surface area contributed by atoms with Crippen LogP contribution < -0.4 is 5.32 Å². The number of hydrogen-bond acceptors (Lipinski definition) is 5. The summed E-state index contributed by atoms with van der Waals surface area (Å²) >= 11 is 1.60. The predicted octanol–water partition coefficient (Wildman–Crippen LogP) is 2.25. The van der Waals surface area contributed by atoms with Crippen molar-refractivity contribution in [3.05, 3.63) is 40.9 Å². The lowest BCUT2D eigenvalue weighted by molar-refractivity contribution is 0.596. The van der Waals surface area contributed by atoms with Crippen molar-refractivity contribution in [2.75, 3.05) is 18.6 Å². The molecule has 2 rings (SSSR count). The lowest BCUT2D eigenvalue weighted by atomic mass is 10.2. The molecule has 6 heteroatoms. The third kappa shape index (κ3) is 4.70. The first-order valence-electron chi connectivity index (χ1n) is 6.34. The average Bonchev–Trinajstić information content (AvgIpc) is 2.83. The van der Waals surface area contributed by atoms with E-state index in [0.717, 1.165) is 16.3 Å². The van der Waals surface area contributed by atoms with Crippen LogP contribution in [0.3, 0.4) is 0 Å². The average molecular weight is 310 g/mol. The van der Waals surface area contributed by atoms with Crippen molar-refractivity contribution in [3.8, 4) is 10.6 Å². The second kappa shape index (κ2) is 6.47. The maximum Gasteiger partial charge on any atom is 0.148 e. The number of rotatable bonds is 6. The number of nitrogens with one attached hydrogen (secondary N) is 1. The van der Waals surface area contributed by atoms with E-state index < -0.39 is 9.84 Å². The Balaban J connectivity index is 1.91. The van der Waals surface area contributed by atoms with E-state index in [1.54, 1.807) is 11.3 Å². The van der Waals surface area contributed by atoms with Crippen LogP contribution in [0.25, 0.3) is 10.6 Å². The Morgan fingerprint density at radius 2 is 1.95 bits per heavy atom. The van der Waals surface area contributed by atoms with E-state index in [1.165, 1.54) is 11.8 Å². The monoisotopic (exact) mass is 310 g/mol. The van der Waals surface area contributed by atoms with Crippen molar-refractivity contribution in [2.45, 2.75) is 13.5 Å². The molecule has 0 saturated carbocycles. The van der Waals surface area contributed by atoms with Gasteiger partial charge in [-0.3, -0.25) is 0 Å². The summed E-state index contributed by atoms with van der Waals surface area (Å²) in [6.07, 6.45) is 1.24. The number of nitrogens with zero attached hydrogens (tertiary/aromatic N) is 1. The Morgan fingerprint density at radius 3 is 2.60 bits per heavy atom. The van der Waals surface area contributed by atoms with Crippen molar-refractivity contribution in [1.82, 2.24) is 10.3 Å². The van der Waals surface area contributed by atoms with Gasteiger partial charge in [-0.2, -0.15) is 0 Å². The van der Waals surface area contributed by atoms with E-state index in [-0.39, 0.29) is 5.75 Å². The zero-order valence-electron chi connectivity index (χ0n) is 11.6. The molecule has 0 aliphatic rings. The molecule has 0 radical (unpaired) electrons. The molecule has 0 spiro atoms. The highest BCUT2D eigenvalue weighted by Crippen LogP contribution is 2.23. The minimum absolute atomic E-state index is 0.155. The van der Waals surface area contributed by atoms with Gasteiger partial charge in [-0.1, -0.05) is 29.8 Å². The Morgan fingerprint density at radius 1 is 1.25 bits per heavy atom.